The van der Waals surface area contributed by atoms with Crippen LogP contribution < -0.4 is 9.88 Å². The highest BCUT2D eigenvalue weighted by atomic mass is 32.2. The second-order valence-corrected chi connectivity index (χ2v) is 12.7. The van der Waals surface area contributed by atoms with Gasteiger partial charge in [0.2, 0.25) is 10.0 Å². The number of carbonyl (C=O) groups is 2. The van der Waals surface area contributed by atoms with E-state index in [4.69, 9.17) is 21.0 Å². The zero-order valence-corrected chi connectivity index (χ0v) is 22.1. The molecule has 0 bridgehead atoms. The van der Waals surface area contributed by atoms with Crippen molar-refractivity contribution >= 4 is 21.8 Å². The minimum Gasteiger partial charge on any atom is -0.482 e. The first kappa shape index (κ1) is 26.0. The summed E-state index contributed by atoms with van der Waals surface area (Å²) in [6.07, 6.45) is 16.0. The minimum atomic E-state index is -3.88. The summed E-state index contributed by atoms with van der Waals surface area (Å²) >= 11 is 0. The molecule has 3 saturated carbocycles. The molecule has 0 aromatic heterocycles. The van der Waals surface area contributed by atoms with Gasteiger partial charge in [-0.05, 0) is 93.2 Å². The Kier molecular flexibility index (Phi) is 6.74. The van der Waals surface area contributed by atoms with Crippen LogP contribution in [-0.4, -0.2) is 32.4 Å². The largest absolute Gasteiger partial charge is 0.482 e. The Labute approximate surface area is 219 Å². The second-order valence-electron chi connectivity index (χ2n) is 11.1. The van der Waals surface area contributed by atoms with Gasteiger partial charge in [0, 0.05) is 17.9 Å². The van der Waals surface area contributed by atoms with Gasteiger partial charge in [-0.1, -0.05) is 24.5 Å². The van der Waals surface area contributed by atoms with Crippen molar-refractivity contribution in [3.63, 3.8) is 0 Å². The van der Waals surface area contributed by atoms with Crippen LogP contribution in [0.5, 0.6) is 5.75 Å². The number of fused-ring (bicyclic) bond motifs is 5. The number of benzene rings is 1. The van der Waals surface area contributed by atoms with Gasteiger partial charge in [-0.2, -0.15) is 0 Å². The Bertz CT molecular complexity index is 1280. The number of carbonyl (C=O) groups excluding carboxylic acids is 2. The monoisotopic (exact) mass is 525 g/mol. The van der Waals surface area contributed by atoms with Gasteiger partial charge >= 0.3 is 5.97 Å². The van der Waals surface area contributed by atoms with Gasteiger partial charge in [-0.3, -0.25) is 4.79 Å². The molecule has 4 aliphatic rings. The SMILES string of the molecule is C#C[C@]1(OC(=O)COc2cccc(S(N)(=O)=O)c2)CCC2C3CCC4=CC(=O)CCC4C3CC[C@@]21CC. The van der Waals surface area contributed by atoms with E-state index in [-0.39, 0.29) is 28.5 Å². The number of allylic oxidation sites excluding steroid dienone is 1. The third kappa shape index (κ3) is 4.40. The quantitative estimate of drug-likeness (QED) is 0.441. The lowest BCUT2D eigenvalue weighted by Gasteiger charge is -2.56. The lowest BCUT2D eigenvalue weighted by atomic mass is 9.49. The van der Waals surface area contributed by atoms with E-state index in [9.17, 15) is 18.0 Å². The molecule has 4 aliphatic carbocycles. The second kappa shape index (κ2) is 9.59. The highest BCUT2D eigenvalue weighted by Crippen LogP contribution is 2.67. The summed E-state index contributed by atoms with van der Waals surface area (Å²) in [5, 5.41) is 5.19. The standard InChI is InChI=1S/C29H35NO6S/c1-3-28-14-12-24-23-11-9-20(31)16-19(23)8-10-25(24)26(28)13-15-29(28,4-2)36-27(32)18-35-21-6-5-7-22(17-21)37(30,33)34/h2,5-7,16-17,23-26H,3,8-15,18H2,1H3,(H2,30,33,34)/t23?,24?,25?,26?,28-,29-/m0/s1. The van der Waals surface area contributed by atoms with E-state index < -0.39 is 21.6 Å². The van der Waals surface area contributed by atoms with E-state index in [1.54, 1.807) is 6.07 Å². The first-order valence-corrected chi connectivity index (χ1v) is 14.9. The van der Waals surface area contributed by atoms with Gasteiger partial charge in [-0.25, -0.2) is 18.4 Å². The summed E-state index contributed by atoms with van der Waals surface area (Å²) in [5.74, 6) is 4.82. The van der Waals surface area contributed by atoms with Crippen molar-refractivity contribution < 1.29 is 27.5 Å². The number of esters is 1. The molecule has 8 heteroatoms. The molecule has 5 rings (SSSR count). The normalized spacial score (nSPS) is 34.8. The van der Waals surface area contributed by atoms with Crippen molar-refractivity contribution in [1.82, 2.24) is 0 Å². The average Bonchev–Trinajstić information content (AvgIpc) is 3.21. The van der Waals surface area contributed by atoms with E-state index in [1.165, 1.54) is 23.8 Å². The zero-order valence-electron chi connectivity index (χ0n) is 21.3. The smallest absolute Gasteiger partial charge is 0.345 e. The van der Waals surface area contributed by atoms with E-state index in [0.29, 0.717) is 36.5 Å². The molecule has 4 unspecified atom stereocenters. The van der Waals surface area contributed by atoms with Gasteiger partial charge < -0.3 is 9.47 Å². The van der Waals surface area contributed by atoms with Crippen molar-refractivity contribution in [1.29, 1.82) is 0 Å². The third-order valence-electron chi connectivity index (χ3n) is 9.76. The summed E-state index contributed by atoms with van der Waals surface area (Å²) in [4.78, 5) is 24.9. The maximum absolute atomic E-state index is 13.0. The Hall–Kier alpha value is -2.63. The molecule has 0 aliphatic heterocycles. The number of hydrogen-bond acceptors (Lipinski definition) is 6. The van der Waals surface area contributed by atoms with Crippen molar-refractivity contribution in [2.45, 2.75) is 75.2 Å². The molecule has 7 nitrogen and oxygen atoms in total. The predicted octanol–water partition coefficient (Wildman–Crippen LogP) is 4.16. The van der Waals surface area contributed by atoms with Crippen LogP contribution in [0.25, 0.3) is 0 Å². The van der Waals surface area contributed by atoms with E-state index in [1.807, 2.05) is 6.08 Å². The van der Waals surface area contributed by atoms with Crippen LogP contribution in [0.2, 0.25) is 0 Å². The summed E-state index contributed by atoms with van der Waals surface area (Å²) < 4.78 is 34.9. The number of rotatable bonds is 6. The summed E-state index contributed by atoms with van der Waals surface area (Å²) in [6.45, 7) is 1.78. The number of ether oxygens (including phenoxy) is 2. The number of sulfonamides is 1. The lowest BCUT2D eigenvalue weighted by molar-refractivity contribution is -0.175. The molecule has 0 amide bonds. The van der Waals surface area contributed by atoms with Crippen molar-refractivity contribution in [2.75, 3.05) is 6.61 Å². The van der Waals surface area contributed by atoms with Gasteiger partial charge in [0.25, 0.3) is 0 Å². The topological polar surface area (TPSA) is 113 Å². The maximum Gasteiger partial charge on any atom is 0.345 e. The molecule has 0 saturated heterocycles. The molecule has 0 heterocycles. The first-order valence-electron chi connectivity index (χ1n) is 13.3. The van der Waals surface area contributed by atoms with Crippen LogP contribution in [0.15, 0.2) is 40.8 Å². The van der Waals surface area contributed by atoms with Gasteiger partial charge in [-0.15, -0.1) is 6.42 Å². The Morgan fingerprint density at radius 3 is 2.70 bits per heavy atom. The molecule has 0 radical (unpaired) electrons. The van der Waals surface area contributed by atoms with Crippen LogP contribution >= 0.6 is 0 Å². The first-order chi connectivity index (χ1) is 17.6. The summed E-state index contributed by atoms with van der Waals surface area (Å²) in [6, 6.07) is 5.71. The van der Waals surface area contributed by atoms with Gasteiger partial charge in [0.1, 0.15) is 5.75 Å². The number of primary sulfonamides is 1. The fourth-order valence-corrected chi connectivity index (χ4v) is 8.77. The maximum atomic E-state index is 13.0. The Balaban J connectivity index is 1.32. The fourth-order valence-electron chi connectivity index (χ4n) is 8.22. The van der Waals surface area contributed by atoms with Crippen LogP contribution in [0, 0.1) is 41.4 Å². The van der Waals surface area contributed by atoms with Crippen molar-refractivity contribution in [3.8, 4) is 18.1 Å². The van der Waals surface area contributed by atoms with Crippen LogP contribution in [0.1, 0.15) is 64.7 Å². The number of hydrogen-bond donors (Lipinski definition) is 1. The van der Waals surface area contributed by atoms with Gasteiger partial charge in [0.05, 0.1) is 4.90 Å². The summed E-state index contributed by atoms with van der Waals surface area (Å²) in [5.41, 5.74) is 0.0781. The number of ketones is 1. The van der Waals surface area contributed by atoms with Gasteiger partial charge in [0.15, 0.2) is 18.0 Å². The average molecular weight is 526 g/mol. The Morgan fingerprint density at radius 1 is 1.16 bits per heavy atom. The molecule has 0 spiro atoms. The molecule has 198 valence electrons. The Morgan fingerprint density at radius 2 is 1.97 bits per heavy atom. The molecular formula is C29H35NO6S. The third-order valence-corrected chi connectivity index (χ3v) is 10.7. The number of nitrogens with two attached hydrogens (primary N) is 1. The minimum absolute atomic E-state index is 0.0911. The molecule has 1 aromatic carbocycles. The van der Waals surface area contributed by atoms with Crippen molar-refractivity contribution in [3.05, 3.63) is 35.9 Å². The van der Waals surface area contributed by atoms with Crippen LogP contribution in [0.3, 0.4) is 0 Å². The molecule has 2 N–H and O–H groups in total. The van der Waals surface area contributed by atoms with Crippen LogP contribution in [-0.2, 0) is 24.3 Å². The summed E-state index contributed by atoms with van der Waals surface area (Å²) in [7, 11) is -3.88. The highest BCUT2D eigenvalue weighted by Gasteiger charge is 2.65. The molecule has 1 aromatic rings. The predicted molar refractivity (Wildman–Crippen MR) is 138 cm³/mol. The molecule has 37 heavy (non-hydrogen) atoms. The lowest BCUT2D eigenvalue weighted by Crippen LogP contribution is -2.55. The number of terminal acetylenes is 1. The molecule has 3 fully saturated rings. The van der Waals surface area contributed by atoms with Crippen LogP contribution in [0.4, 0.5) is 0 Å². The zero-order chi connectivity index (χ0) is 26.4. The highest BCUT2D eigenvalue weighted by molar-refractivity contribution is 7.89. The van der Waals surface area contributed by atoms with Crippen molar-refractivity contribution in [2.24, 2.45) is 34.2 Å². The molecular weight excluding hydrogens is 490 g/mol. The van der Waals surface area contributed by atoms with E-state index in [2.05, 4.69) is 12.8 Å². The fraction of sp³-hybridized carbons (Fsp3) is 0.586. The van der Waals surface area contributed by atoms with E-state index >= 15 is 0 Å². The van der Waals surface area contributed by atoms with E-state index in [0.717, 1.165) is 44.9 Å². The molecule has 6 atom stereocenters.